The number of carbonyl (C=O) groups is 2. The predicted molar refractivity (Wildman–Crippen MR) is 139 cm³/mol. The summed E-state index contributed by atoms with van der Waals surface area (Å²) < 4.78 is 18.9. The zero-order valence-corrected chi connectivity index (χ0v) is 20.1. The maximum atomic E-state index is 13.4. The van der Waals surface area contributed by atoms with Crippen LogP contribution in [-0.4, -0.2) is 23.3 Å². The number of esters is 1. The number of para-hydroxylation sites is 1. The number of Topliss-reactive ketones (excluding diaryl/α,β-unsaturated/α-hetero) is 1. The summed E-state index contributed by atoms with van der Waals surface area (Å²) >= 11 is 0. The standard InChI is InChI=1S/C31H26FNO3/c1-2-20-10-14-22(15-11-20)28(34)19-36-31(35)29-25-7-3-4-9-27(25)33-30-23(6-5-8-26(29)30)18-21-12-16-24(32)17-13-21/h3-4,7,9-18H,2,5-6,8,19H2,1H3. The number of hydrogen-bond donors (Lipinski definition) is 0. The molecule has 3 aromatic carbocycles. The van der Waals surface area contributed by atoms with Crippen molar-refractivity contribution in [1.82, 2.24) is 4.98 Å². The Balaban J connectivity index is 1.49. The van der Waals surface area contributed by atoms with E-state index in [1.165, 1.54) is 12.1 Å². The molecule has 0 saturated heterocycles. The van der Waals surface area contributed by atoms with Gasteiger partial charge in [-0.3, -0.25) is 4.79 Å². The second kappa shape index (κ2) is 10.2. The highest BCUT2D eigenvalue weighted by Crippen LogP contribution is 2.36. The number of aryl methyl sites for hydroxylation is 1. The molecule has 180 valence electrons. The van der Waals surface area contributed by atoms with Gasteiger partial charge in [0.2, 0.25) is 0 Å². The summed E-state index contributed by atoms with van der Waals surface area (Å²) in [5, 5.41) is 0.712. The molecule has 0 saturated carbocycles. The van der Waals surface area contributed by atoms with Crippen molar-refractivity contribution in [3.05, 3.63) is 112 Å². The summed E-state index contributed by atoms with van der Waals surface area (Å²) in [4.78, 5) is 31.0. The Morgan fingerprint density at radius 1 is 0.972 bits per heavy atom. The van der Waals surface area contributed by atoms with Crippen LogP contribution in [0.25, 0.3) is 22.6 Å². The molecule has 1 aliphatic rings. The number of allylic oxidation sites excluding steroid dienone is 1. The minimum atomic E-state index is -0.522. The Labute approximate surface area is 209 Å². The minimum absolute atomic E-state index is 0.241. The number of ketones is 1. The number of nitrogens with zero attached hydrogens (tertiary/aromatic N) is 1. The molecule has 0 bridgehead atoms. The Hall–Kier alpha value is -4.12. The third kappa shape index (κ3) is 4.82. The zero-order valence-electron chi connectivity index (χ0n) is 20.1. The van der Waals surface area contributed by atoms with E-state index in [0.29, 0.717) is 28.5 Å². The smallest absolute Gasteiger partial charge is 0.339 e. The molecule has 4 aromatic rings. The molecule has 0 unspecified atom stereocenters. The topological polar surface area (TPSA) is 56.3 Å². The number of halogens is 1. The Bertz CT molecular complexity index is 1470. The van der Waals surface area contributed by atoms with Gasteiger partial charge in [-0.25, -0.2) is 14.2 Å². The molecule has 0 amide bonds. The van der Waals surface area contributed by atoms with Gasteiger partial charge in [-0.1, -0.05) is 61.5 Å². The van der Waals surface area contributed by atoms with E-state index >= 15 is 0 Å². The van der Waals surface area contributed by atoms with Crippen LogP contribution in [0.1, 0.15) is 62.9 Å². The van der Waals surface area contributed by atoms with E-state index in [-0.39, 0.29) is 18.2 Å². The Kier molecular flexibility index (Phi) is 6.72. The molecular formula is C31H26FNO3. The lowest BCUT2D eigenvalue weighted by molar-refractivity contribution is 0.0475. The van der Waals surface area contributed by atoms with Crippen molar-refractivity contribution in [2.24, 2.45) is 0 Å². The Morgan fingerprint density at radius 3 is 2.47 bits per heavy atom. The van der Waals surface area contributed by atoms with E-state index in [9.17, 15) is 14.0 Å². The number of carbonyl (C=O) groups excluding carboxylic acids is 2. The van der Waals surface area contributed by atoms with Crippen molar-refractivity contribution >= 4 is 34.3 Å². The molecule has 0 radical (unpaired) electrons. The van der Waals surface area contributed by atoms with Gasteiger partial charge in [0.25, 0.3) is 0 Å². The van der Waals surface area contributed by atoms with Crippen LogP contribution in [0.15, 0.2) is 72.8 Å². The summed E-state index contributed by atoms with van der Waals surface area (Å²) in [7, 11) is 0. The largest absolute Gasteiger partial charge is 0.454 e. The van der Waals surface area contributed by atoms with Gasteiger partial charge >= 0.3 is 5.97 Å². The Morgan fingerprint density at radius 2 is 1.72 bits per heavy atom. The molecule has 1 aliphatic carbocycles. The second-order valence-corrected chi connectivity index (χ2v) is 8.96. The summed E-state index contributed by atoms with van der Waals surface area (Å²) in [6.45, 7) is 1.73. The van der Waals surface area contributed by atoms with Crippen LogP contribution < -0.4 is 0 Å². The number of pyridine rings is 1. The summed E-state index contributed by atoms with van der Waals surface area (Å²) in [5.74, 6) is -1.05. The maximum absolute atomic E-state index is 13.4. The van der Waals surface area contributed by atoms with Gasteiger partial charge in [-0.05, 0) is 72.2 Å². The highest BCUT2D eigenvalue weighted by molar-refractivity contribution is 6.08. The fraction of sp³-hybridized carbons (Fsp3) is 0.194. The van der Waals surface area contributed by atoms with Gasteiger partial charge in [0, 0.05) is 10.9 Å². The lowest BCUT2D eigenvalue weighted by atomic mass is 9.86. The molecule has 0 atom stereocenters. The van der Waals surface area contributed by atoms with E-state index in [1.54, 1.807) is 24.3 Å². The highest BCUT2D eigenvalue weighted by Gasteiger charge is 2.26. The van der Waals surface area contributed by atoms with Crippen LogP contribution in [0.4, 0.5) is 4.39 Å². The molecule has 0 spiro atoms. The number of ether oxygens (including phenoxy) is 1. The van der Waals surface area contributed by atoms with Crippen molar-refractivity contribution in [3.63, 3.8) is 0 Å². The van der Waals surface area contributed by atoms with Crippen LogP contribution in [0.2, 0.25) is 0 Å². The van der Waals surface area contributed by atoms with Gasteiger partial charge in [-0.15, -0.1) is 0 Å². The maximum Gasteiger partial charge on any atom is 0.339 e. The van der Waals surface area contributed by atoms with Gasteiger partial charge in [0.1, 0.15) is 5.82 Å². The molecule has 0 aliphatic heterocycles. The first-order valence-corrected chi connectivity index (χ1v) is 12.2. The van der Waals surface area contributed by atoms with Crippen LogP contribution >= 0.6 is 0 Å². The van der Waals surface area contributed by atoms with E-state index in [4.69, 9.17) is 9.72 Å². The lowest BCUT2D eigenvalue weighted by Crippen LogP contribution is -2.18. The third-order valence-corrected chi connectivity index (χ3v) is 6.60. The minimum Gasteiger partial charge on any atom is -0.454 e. The third-order valence-electron chi connectivity index (χ3n) is 6.60. The van der Waals surface area contributed by atoms with Crippen LogP contribution in [0, 0.1) is 5.82 Å². The number of benzene rings is 3. The molecule has 36 heavy (non-hydrogen) atoms. The van der Waals surface area contributed by atoms with Crippen molar-refractivity contribution in [1.29, 1.82) is 0 Å². The molecule has 0 fully saturated rings. The highest BCUT2D eigenvalue weighted by atomic mass is 19.1. The van der Waals surface area contributed by atoms with Crippen molar-refractivity contribution in [2.45, 2.75) is 32.6 Å². The van der Waals surface area contributed by atoms with Crippen LogP contribution in [0.3, 0.4) is 0 Å². The quantitative estimate of drug-likeness (QED) is 0.224. The fourth-order valence-electron chi connectivity index (χ4n) is 4.68. The summed E-state index contributed by atoms with van der Waals surface area (Å²) in [5.41, 5.74) is 6.28. The molecule has 1 heterocycles. The zero-order chi connectivity index (χ0) is 25.1. The van der Waals surface area contributed by atoms with Gasteiger partial charge in [-0.2, -0.15) is 0 Å². The first kappa shape index (κ1) is 23.6. The van der Waals surface area contributed by atoms with Crippen LogP contribution in [-0.2, 0) is 17.6 Å². The number of fused-ring (bicyclic) bond motifs is 2. The number of hydrogen-bond acceptors (Lipinski definition) is 4. The normalized spacial score (nSPS) is 14.0. The summed E-state index contributed by atoms with van der Waals surface area (Å²) in [6.07, 6.45) is 5.23. The van der Waals surface area contributed by atoms with Crippen molar-refractivity contribution in [3.8, 4) is 0 Å². The van der Waals surface area contributed by atoms with E-state index in [0.717, 1.165) is 47.2 Å². The fourth-order valence-corrected chi connectivity index (χ4v) is 4.68. The number of aromatic nitrogens is 1. The average Bonchev–Trinajstić information content (AvgIpc) is 2.91. The van der Waals surface area contributed by atoms with Gasteiger partial charge < -0.3 is 4.74 Å². The van der Waals surface area contributed by atoms with Crippen molar-refractivity contribution < 1.29 is 18.7 Å². The average molecular weight is 480 g/mol. The molecule has 5 heteroatoms. The summed E-state index contributed by atoms with van der Waals surface area (Å²) in [6, 6.07) is 21.2. The van der Waals surface area contributed by atoms with Gasteiger partial charge in [0.05, 0.1) is 16.8 Å². The van der Waals surface area contributed by atoms with Crippen molar-refractivity contribution in [2.75, 3.05) is 6.61 Å². The molecule has 4 nitrogen and oxygen atoms in total. The molecule has 5 rings (SSSR count). The van der Waals surface area contributed by atoms with E-state index in [1.807, 2.05) is 42.5 Å². The monoisotopic (exact) mass is 479 g/mol. The first-order chi connectivity index (χ1) is 17.5. The first-order valence-electron chi connectivity index (χ1n) is 12.2. The number of rotatable bonds is 6. The van der Waals surface area contributed by atoms with Crippen LogP contribution in [0.5, 0.6) is 0 Å². The van der Waals surface area contributed by atoms with E-state index < -0.39 is 5.97 Å². The molecular weight excluding hydrogens is 453 g/mol. The van der Waals surface area contributed by atoms with Gasteiger partial charge in [0.15, 0.2) is 12.4 Å². The predicted octanol–water partition coefficient (Wildman–Crippen LogP) is 6.85. The molecule has 1 aromatic heterocycles. The second-order valence-electron chi connectivity index (χ2n) is 8.96. The van der Waals surface area contributed by atoms with E-state index in [2.05, 4.69) is 6.92 Å². The molecule has 0 N–H and O–H groups in total. The SMILES string of the molecule is CCc1ccc(C(=O)COC(=O)c2c3c(nc4ccccc24)C(=Cc2ccc(F)cc2)CCC3)cc1. The lowest BCUT2D eigenvalue weighted by Gasteiger charge is -2.22.